The van der Waals surface area contributed by atoms with Gasteiger partial charge in [0, 0.05) is 12.5 Å². The molecule has 0 fully saturated rings. The molecule has 4 heteroatoms. The van der Waals surface area contributed by atoms with Crippen molar-refractivity contribution in [3.8, 4) is 0 Å². The van der Waals surface area contributed by atoms with E-state index in [0.717, 1.165) is 0 Å². The summed E-state index contributed by atoms with van der Waals surface area (Å²) in [4.78, 5) is 7.45. The van der Waals surface area contributed by atoms with E-state index < -0.39 is 0 Å². The van der Waals surface area contributed by atoms with Gasteiger partial charge in [-0.25, -0.2) is 9.98 Å². The van der Waals surface area contributed by atoms with E-state index in [0.29, 0.717) is 23.0 Å². The molecule has 0 aliphatic heterocycles. The molecule has 0 aliphatic carbocycles. The standard InChI is InChI=1S/C9H11N3O/c1-6(4-9(10)11-3)8-5-12-7(2)13-8/h4-5H,1,3,10H2,2H3/b9-4-. The summed E-state index contributed by atoms with van der Waals surface area (Å²) in [6, 6.07) is 0. The lowest BCUT2D eigenvalue weighted by Gasteiger charge is -1.94. The minimum Gasteiger partial charge on any atom is -0.441 e. The van der Waals surface area contributed by atoms with E-state index in [4.69, 9.17) is 10.2 Å². The first-order valence-corrected chi connectivity index (χ1v) is 3.69. The second-order valence-electron chi connectivity index (χ2n) is 2.50. The first-order valence-electron chi connectivity index (χ1n) is 3.69. The molecule has 0 saturated heterocycles. The summed E-state index contributed by atoms with van der Waals surface area (Å²) in [5.74, 6) is 1.48. The number of oxazole rings is 1. The maximum absolute atomic E-state index is 5.43. The number of aryl methyl sites for hydroxylation is 1. The largest absolute Gasteiger partial charge is 0.441 e. The monoisotopic (exact) mass is 177 g/mol. The lowest BCUT2D eigenvalue weighted by molar-refractivity contribution is 0.511. The molecule has 68 valence electrons. The second kappa shape index (κ2) is 3.71. The number of aromatic nitrogens is 1. The molecule has 2 N–H and O–H groups in total. The number of hydrogen-bond donors (Lipinski definition) is 1. The van der Waals surface area contributed by atoms with Crippen LogP contribution in [0.3, 0.4) is 0 Å². The molecule has 0 spiro atoms. The van der Waals surface area contributed by atoms with Crippen LogP contribution in [0.4, 0.5) is 0 Å². The van der Waals surface area contributed by atoms with Crippen molar-refractivity contribution in [2.24, 2.45) is 10.7 Å². The molecular weight excluding hydrogens is 166 g/mol. The zero-order valence-electron chi connectivity index (χ0n) is 7.45. The second-order valence-corrected chi connectivity index (χ2v) is 2.50. The molecule has 1 heterocycles. The molecule has 1 aromatic rings. The molecule has 0 unspecified atom stereocenters. The number of hydrogen-bond acceptors (Lipinski definition) is 4. The van der Waals surface area contributed by atoms with Crippen LogP contribution in [-0.4, -0.2) is 11.7 Å². The van der Waals surface area contributed by atoms with E-state index in [-0.39, 0.29) is 0 Å². The first kappa shape index (κ1) is 9.25. The number of nitrogens with zero attached hydrogens (tertiary/aromatic N) is 2. The van der Waals surface area contributed by atoms with E-state index in [9.17, 15) is 0 Å². The van der Waals surface area contributed by atoms with Crippen molar-refractivity contribution in [3.05, 3.63) is 36.3 Å². The number of rotatable bonds is 3. The van der Waals surface area contributed by atoms with Crippen LogP contribution in [0.1, 0.15) is 11.7 Å². The summed E-state index contributed by atoms with van der Waals surface area (Å²) >= 11 is 0. The van der Waals surface area contributed by atoms with Gasteiger partial charge in [0.1, 0.15) is 5.82 Å². The van der Waals surface area contributed by atoms with Crippen LogP contribution in [0.2, 0.25) is 0 Å². The fourth-order valence-electron chi connectivity index (χ4n) is 0.805. The van der Waals surface area contributed by atoms with E-state index in [2.05, 4.69) is 23.3 Å². The molecular formula is C9H11N3O. The maximum Gasteiger partial charge on any atom is 0.191 e. The molecule has 1 aromatic heterocycles. The Kier molecular flexibility index (Phi) is 2.64. The molecule has 0 bridgehead atoms. The third-order valence-electron chi connectivity index (χ3n) is 1.44. The Morgan fingerprint density at radius 1 is 1.77 bits per heavy atom. The molecule has 0 amide bonds. The van der Waals surface area contributed by atoms with E-state index in [1.807, 2.05) is 0 Å². The van der Waals surface area contributed by atoms with Crippen molar-refractivity contribution in [2.45, 2.75) is 6.92 Å². The Balaban J connectivity index is 2.86. The van der Waals surface area contributed by atoms with E-state index >= 15 is 0 Å². The van der Waals surface area contributed by atoms with E-state index in [1.165, 1.54) is 0 Å². The van der Waals surface area contributed by atoms with Crippen molar-refractivity contribution in [2.75, 3.05) is 0 Å². The molecule has 0 aromatic carbocycles. The number of nitrogens with two attached hydrogens (primary N) is 1. The Morgan fingerprint density at radius 3 is 2.92 bits per heavy atom. The van der Waals surface area contributed by atoms with Gasteiger partial charge < -0.3 is 10.2 Å². The van der Waals surface area contributed by atoms with Gasteiger partial charge in [0.05, 0.1) is 6.20 Å². The van der Waals surface area contributed by atoms with Crippen LogP contribution in [0.25, 0.3) is 5.57 Å². The molecule has 0 saturated carbocycles. The summed E-state index contributed by atoms with van der Waals surface area (Å²) < 4.78 is 5.22. The van der Waals surface area contributed by atoms with Gasteiger partial charge in [-0.1, -0.05) is 6.58 Å². The average molecular weight is 177 g/mol. The van der Waals surface area contributed by atoms with Gasteiger partial charge in [0.15, 0.2) is 11.7 Å². The van der Waals surface area contributed by atoms with Gasteiger partial charge >= 0.3 is 0 Å². The van der Waals surface area contributed by atoms with Crippen LogP contribution in [0.5, 0.6) is 0 Å². The molecule has 13 heavy (non-hydrogen) atoms. The van der Waals surface area contributed by atoms with Crippen LogP contribution in [-0.2, 0) is 0 Å². The van der Waals surface area contributed by atoms with Crippen LogP contribution >= 0.6 is 0 Å². The summed E-state index contributed by atoms with van der Waals surface area (Å²) in [7, 11) is 0. The predicted molar refractivity (Wildman–Crippen MR) is 52.1 cm³/mol. The molecule has 0 aliphatic rings. The quantitative estimate of drug-likeness (QED) is 0.562. The minimum absolute atomic E-state index is 0.305. The average Bonchev–Trinajstić information content (AvgIpc) is 2.51. The molecule has 1 rings (SSSR count). The van der Waals surface area contributed by atoms with Gasteiger partial charge in [-0.3, -0.25) is 0 Å². The Labute approximate surface area is 76.5 Å². The summed E-state index contributed by atoms with van der Waals surface area (Å²) in [5.41, 5.74) is 6.06. The summed E-state index contributed by atoms with van der Waals surface area (Å²) in [6.07, 6.45) is 3.16. The topological polar surface area (TPSA) is 64.4 Å². The van der Waals surface area contributed by atoms with Crippen molar-refractivity contribution in [1.29, 1.82) is 0 Å². The fourth-order valence-corrected chi connectivity index (χ4v) is 0.805. The number of allylic oxidation sites excluding steroid dienone is 2. The lowest BCUT2D eigenvalue weighted by Crippen LogP contribution is -1.92. The normalized spacial score (nSPS) is 11.3. The zero-order valence-corrected chi connectivity index (χ0v) is 7.45. The third kappa shape index (κ3) is 2.30. The highest BCUT2D eigenvalue weighted by Gasteiger charge is 2.02. The zero-order chi connectivity index (χ0) is 9.84. The highest BCUT2D eigenvalue weighted by atomic mass is 16.4. The molecule has 0 radical (unpaired) electrons. The fraction of sp³-hybridized carbons (Fsp3) is 0.111. The predicted octanol–water partition coefficient (Wildman–Crippen LogP) is 1.50. The van der Waals surface area contributed by atoms with Crippen molar-refractivity contribution >= 4 is 12.3 Å². The lowest BCUT2D eigenvalue weighted by atomic mass is 10.2. The third-order valence-corrected chi connectivity index (χ3v) is 1.44. The Hall–Kier alpha value is -1.84. The molecule has 0 atom stereocenters. The van der Waals surface area contributed by atoms with Gasteiger partial charge in [0.25, 0.3) is 0 Å². The SMILES string of the molecule is C=N/C(N)=C\C(=C)c1cnc(C)o1. The highest BCUT2D eigenvalue weighted by molar-refractivity contribution is 5.68. The minimum atomic E-state index is 0.305. The Morgan fingerprint density at radius 2 is 2.46 bits per heavy atom. The highest BCUT2D eigenvalue weighted by Crippen LogP contribution is 2.15. The van der Waals surface area contributed by atoms with Gasteiger partial charge in [-0.05, 0) is 12.8 Å². The van der Waals surface area contributed by atoms with Crippen molar-refractivity contribution in [1.82, 2.24) is 4.98 Å². The van der Waals surface area contributed by atoms with Crippen molar-refractivity contribution in [3.63, 3.8) is 0 Å². The van der Waals surface area contributed by atoms with Gasteiger partial charge in [0.2, 0.25) is 0 Å². The summed E-state index contributed by atoms with van der Waals surface area (Å²) in [6.45, 7) is 8.79. The van der Waals surface area contributed by atoms with Crippen LogP contribution < -0.4 is 5.73 Å². The molecule has 4 nitrogen and oxygen atoms in total. The van der Waals surface area contributed by atoms with Crippen LogP contribution in [0.15, 0.2) is 34.1 Å². The van der Waals surface area contributed by atoms with Crippen LogP contribution in [0, 0.1) is 6.92 Å². The van der Waals surface area contributed by atoms with Crippen molar-refractivity contribution < 1.29 is 4.42 Å². The van der Waals surface area contributed by atoms with E-state index in [1.54, 1.807) is 19.2 Å². The van der Waals surface area contributed by atoms with Gasteiger partial charge in [-0.2, -0.15) is 0 Å². The smallest absolute Gasteiger partial charge is 0.191 e. The van der Waals surface area contributed by atoms with Gasteiger partial charge in [-0.15, -0.1) is 0 Å². The summed E-state index contributed by atoms with van der Waals surface area (Å²) in [5, 5.41) is 0. The first-order chi connectivity index (χ1) is 6.13. The Bertz CT molecular complexity index is 363. The number of aliphatic imine (C=N–C) groups is 1. The maximum atomic E-state index is 5.43.